The van der Waals surface area contributed by atoms with E-state index in [2.05, 4.69) is 16.6 Å². The van der Waals surface area contributed by atoms with Gasteiger partial charge in [0, 0.05) is 24.9 Å². The third kappa shape index (κ3) is 5.94. The second-order valence-corrected chi connectivity index (χ2v) is 8.65. The number of alkyl halides is 6. The van der Waals surface area contributed by atoms with Gasteiger partial charge in [-0.15, -0.1) is 13.2 Å². The predicted molar refractivity (Wildman–Crippen MR) is 124 cm³/mol. The lowest BCUT2D eigenvalue weighted by molar-refractivity contribution is -0.274. The van der Waals surface area contributed by atoms with Gasteiger partial charge >= 0.3 is 18.6 Å². The molecular weight excluding hydrogens is 522 g/mol. The Kier molecular flexibility index (Phi) is 7.84. The van der Waals surface area contributed by atoms with Gasteiger partial charge in [0.05, 0.1) is 13.1 Å². The van der Waals surface area contributed by atoms with Crippen LogP contribution in [0.1, 0.15) is 6.92 Å². The first-order valence-corrected chi connectivity index (χ1v) is 11.1. The molecule has 2 aliphatic rings. The average molecular weight is 546 g/mol. The maximum Gasteiger partial charge on any atom is 0.573 e. The molecule has 0 aliphatic carbocycles. The highest BCUT2D eigenvalue weighted by Gasteiger charge is 2.60. The van der Waals surface area contributed by atoms with Crippen LogP contribution < -0.4 is 15.0 Å². The number of hydrogen-bond acceptors (Lipinski definition) is 4. The largest absolute Gasteiger partial charge is 0.573 e. The molecule has 8 nitrogen and oxygen atoms in total. The molecule has 2 aliphatic heterocycles. The Hall–Kier alpha value is -3.97. The van der Waals surface area contributed by atoms with Gasteiger partial charge in [-0.05, 0) is 36.8 Å². The standard InChI is InChI=1S/C24H24F6N4O4/c1-4-16(6-5-15(2)23(25,26)27)11-34-19(35)12-33(17-7-9-18(10-8-17)38-24(28,29)30)20(36)22(34)13-32(14-22)21(37)31-3/h4-10H,1,11-14H2,2-3H3,(H,31,37)/b15-5+,16-6+. The topological polar surface area (TPSA) is 82.2 Å². The molecule has 1 aromatic carbocycles. The Morgan fingerprint density at radius 3 is 2.21 bits per heavy atom. The van der Waals surface area contributed by atoms with Crippen molar-refractivity contribution in [3.8, 4) is 5.75 Å². The van der Waals surface area contributed by atoms with E-state index < -0.39 is 53.8 Å². The van der Waals surface area contributed by atoms with E-state index in [1.807, 2.05) is 0 Å². The Labute approximate surface area is 213 Å². The van der Waals surface area contributed by atoms with Crippen molar-refractivity contribution in [3.63, 3.8) is 0 Å². The Morgan fingerprint density at radius 2 is 1.71 bits per heavy atom. The molecule has 0 saturated carbocycles. The van der Waals surface area contributed by atoms with Crippen LogP contribution in [0.15, 0.2) is 60.2 Å². The number of anilines is 1. The molecule has 1 aromatic rings. The van der Waals surface area contributed by atoms with Crippen LogP contribution in [0.2, 0.25) is 0 Å². The minimum atomic E-state index is -4.91. The number of urea groups is 1. The molecule has 1 spiro atoms. The third-order valence-corrected chi connectivity index (χ3v) is 6.14. The van der Waals surface area contributed by atoms with Crippen molar-refractivity contribution in [2.45, 2.75) is 25.0 Å². The summed E-state index contributed by atoms with van der Waals surface area (Å²) in [5, 5.41) is 2.41. The molecule has 0 radical (unpaired) electrons. The Bertz CT molecular complexity index is 1170. The number of hydrogen-bond donors (Lipinski definition) is 1. The van der Waals surface area contributed by atoms with E-state index in [9.17, 15) is 40.7 Å². The fourth-order valence-electron chi connectivity index (χ4n) is 4.06. The summed E-state index contributed by atoms with van der Waals surface area (Å²) in [7, 11) is 1.38. The predicted octanol–water partition coefficient (Wildman–Crippen LogP) is 3.78. The number of ether oxygens (including phenoxy) is 1. The van der Waals surface area contributed by atoms with Gasteiger partial charge in [0.25, 0.3) is 5.91 Å². The maximum atomic E-state index is 13.7. The summed E-state index contributed by atoms with van der Waals surface area (Å²) in [5.41, 5.74) is -2.09. The molecule has 206 valence electrons. The highest BCUT2D eigenvalue weighted by molar-refractivity contribution is 6.10. The molecule has 3 rings (SSSR count). The van der Waals surface area contributed by atoms with Crippen molar-refractivity contribution < 1.29 is 45.5 Å². The van der Waals surface area contributed by atoms with Crippen LogP contribution in [0.3, 0.4) is 0 Å². The molecule has 2 saturated heterocycles. The Balaban J connectivity index is 1.93. The summed E-state index contributed by atoms with van der Waals surface area (Å²) in [6.45, 7) is 3.30. The monoisotopic (exact) mass is 546 g/mol. The third-order valence-electron chi connectivity index (χ3n) is 6.14. The number of rotatable bonds is 6. The van der Waals surface area contributed by atoms with Gasteiger partial charge in [0.2, 0.25) is 5.91 Å². The number of carbonyl (C=O) groups excluding carboxylic acids is 3. The number of nitrogens with one attached hydrogen (secondary N) is 1. The van der Waals surface area contributed by atoms with Gasteiger partial charge in [-0.3, -0.25) is 9.59 Å². The van der Waals surface area contributed by atoms with Crippen LogP contribution >= 0.6 is 0 Å². The number of allylic oxidation sites excluding steroid dienone is 3. The van der Waals surface area contributed by atoms with Crippen LogP contribution in [0, 0.1) is 0 Å². The van der Waals surface area contributed by atoms with Gasteiger partial charge in [0.1, 0.15) is 12.3 Å². The zero-order valence-corrected chi connectivity index (χ0v) is 20.3. The minimum absolute atomic E-state index is 0.124. The van der Waals surface area contributed by atoms with E-state index in [1.165, 1.54) is 35.1 Å². The maximum absolute atomic E-state index is 13.7. The normalized spacial score (nSPS) is 18.5. The molecule has 2 fully saturated rings. The van der Waals surface area contributed by atoms with Crippen molar-refractivity contribution in [2.24, 2.45) is 0 Å². The second-order valence-electron chi connectivity index (χ2n) is 8.65. The minimum Gasteiger partial charge on any atom is -0.406 e. The number of amides is 4. The average Bonchev–Trinajstić information content (AvgIpc) is 2.80. The first-order chi connectivity index (χ1) is 17.6. The summed E-state index contributed by atoms with van der Waals surface area (Å²) in [4.78, 5) is 42.6. The number of halogens is 6. The van der Waals surface area contributed by atoms with Gasteiger partial charge in [-0.25, -0.2) is 4.79 Å². The fourth-order valence-corrected chi connectivity index (χ4v) is 4.06. The zero-order valence-electron chi connectivity index (χ0n) is 20.3. The zero-order chi connectivity index (χ0) is 28.5. The molecule has 1 N–H and O–H groups in total. The number of nitrogens with zero attached hydrogens (tertiary/aromatic N) is 3. The van der Waals surface area contributed by atoms with Crippen LogP contribution in [-0.2, 0) is 9.59 Å². The van der Waals surface area contributed by atoms with Gasteiger partial charge in [0.15, 0.2) is 5.54 Å². The second kappa shape index (κ2) is 10.4. The quantitative estimate of drug-likeness (QED) is 0.435. The van der Waals surface area contributed by atoms with Crippen molar-refractivity contribution in [3.05, 3.63) is 60.2 Å². The van der Waals surface area contributed by atoms with E-state index in [-0.39, 0.29) is 30.9 Å². The van der Waals surface area contributed by atoms with Gasteiger partial charge < -0.3 is 24.8 Å². The first-order valence-electron chi connectivity index (χ1n) is 11.1. The van der Waals surface area contributed by atoms with E-state index in [4.69, 9.17) is 0 Å². The summed E-state index contributed by atoms with van der Waals surface area (Å²) < 4.78 is 79.9. The lowest BCUT2D eigenvalue weighted by Gasteiger charge is -2.57. The lowest BCUT2D eigenvalue weighted by Crippen LogP contribution is -2.82. The molecular formula is C24H24F6N4O4. The fraction of sp³-hybridized carbons (Fsp3) is 0.375. The highest BCUT2D eigenvalue weighted by Crippen LogP contribution is 2.37. The summed E-state index contributed by atoms with van der Waals surface area (Å²) in [5.74, 6) is -1.71. The number of piperazine rings is 1. The lowest BCUT2D eigenvalue weighted by atomic mass is 9.83. The molecule has 4 amide bonds. The van der Waals surface area contributed by atoms with Crippen molar-refractivity contribution in [1.82, 2.24) is 15.1 Å². The first kappa shape index (κ1) is 28.6. The highest BCUT2D eigenvalue weighted by atomic mass is 19.4. The summed E-state index contributed by atoms with van der Waals surface area (Å²) >= 11 is 0. The molecule has 0 atom stereocenters. The van der Waals surface area contributed by atoms with Crippen molar-refractivity contribution in [1.29, 1.82) is 0 Å². The molecule has 0 unspecified atom stereocenters. The molecule has 2 heterocycles. The Morgan fingerprint density at radius 1 is 1.11 bits per heavy atom. The SMILES string of the molecule is C=C/C(=C\C=C(/C)C(F)(F)F)CN1C(=O)CN(c2ccc(OC(F)(F)F)cc2)C(=O)C12CN(C(=O)NC)C2. The van der Waals surface area contributed by atoms with Crippen LogP contribution in [-0.4, -0.2) is 78.9 Å². The molecule has 0 aromatic heterocycles. The van der Waals surface area contributed by atoms with Crippen LogP contribution in [0.25, 0.3) is 0 Å². The number of carbonyl (C=O) groups is 3. The smallest absolute Gasteiger partial charge is 0.406 e. The van der Waals surface area contributed by atoms with Crippen LogP contribution in [0.5, 0.6) is 5.75 Å². The van der Waals surface area contributed by atoms with Crippen LogP contribution in [0.4, 0.5) is 36.8 Å². The summed E-state index contributed by atoms with van der Waals surface area (Å²) in [6.07, 6.45) is -6.24. The molecule has 38 heavy (non-hydrogen) atoms. The van der Waals surface area contributed by atoms with E-state index >= 15 is 0 Å². The van der Waals surface area contributed by atoms with Crippen molar-refractivity contribution >= 4 is 23.5 Å². The molecule has 14 heteroatoms. The molecule has 0 bridgehead atoms. The van der Waals surface area contributed by atoms with Gasteiger partial charge in [-0.2, -0.15) is 13.2 Å². The van der Waals surface area contributed by atoms with E-state index in [0.29, 0.717) is 0 Å². The van der Waals surface area contributed by atoms with Crippen molar-refractivity contribution in [2.75, 3.05) is 38.1 Å². The summed E-state index contributed by atoms with van der Waals surface area (Å²) in [6, 6.07) is 3.84. The van der Waals surface area contributed by atoms with E-state index in [0.717, 1.165) is 36.1 Å². The van der Waals surface area contributed by atoms with Gasteiger partial charge in [-0.1, -0.05) is 24.8 Å². The van der Waals surface area contributed by atoms with E-state index in [1.54, 1.807) is 0 Å². The number of benzene rings is 1. The number of likely N-dealkylation sites (tertiary alicyclic amines) is 1.